The summed E-state index contributed by atoms with van der Waals surface area (Å²) in [5.41, 5.74) is 0.482. The number of hydrogen-bond acceptors (Lipinski definition) is 6. The van der Waals surface area contributed by atoms with Crippen LogP contribution in [0.1, 0.15) is 16.1 Å². The molecule has 1 aromatic carbocycles. The highest BCUT2D eigenvalue weighted by molar-refractivity contribution is 6.03. The van der Waals surface area contributed by atoms with E-state index in [9.17, 15) is 13.6 Å². The Morgan fingerprint density at radius 1 is 1.12 bits per heavy atom. The van der Waals surface area contributed by atoms with Crippen LogP contribution in [0.2, 0.25) is 0 Å². The van der Waals surface area contributed by atoms with E-state index in [0.717, 1.165) is 12.1 Å². The van der Waals surface area contributed by atoms with Gasteiger partial charge in [-0.15, -0.1) is 0 Å². The summed E-state index contributed by atoms with van der Waals surface area (Å²) < 4.78 is 30.8. The van der Waals surface area contributed by atoms with Crippen LogP contribution in [-0.2, 0) is 0 Å². The van der Waals surface area contributed by atoms with E-state index in [1.165, 1.54) is 18.5 Å². The number of halogens is 2. The summed E-state index contributed by atoms with van der Waals surface area (Å²) in [4.78, 5) is 19.9. The third-order valence-electron chi connectivity index (χ3n) is 2.96. The Labute approximate surface area is 134 Å². The van der Waals surface area contributed by atoms with Crippen LogP contribution >= 0.6 is 0 Å². The second kappa shape index (κ2) is 6.41. The number of rotatable bonds is 4. The van der Waals surface area contributed by atoms with Crippen molar-refractivity contribution in [3.8, 4) is 0 Å². The number of carbonyl (C=O) groups excluding carboxylic acids is 1. The number of aromatic nitrogens is 3. The third-order valence-corrected chi connectivity index (χ3v) is 2.96. The Kier molecular flexibility index (Phi) is 4.15. The molecule has 0 radical (unpaired) electrons. The van der Waals surface area contributed by atoms with Crippen LogP contribution in [0, 0.1) is 18.6 Å². The highest BCUT2D eigenvalue weighted by Gasteiger charge is 2.10. The van der Waals surface area contributed by atoms with E-state index >= 15 is 0 Å². The molecule has 122 valence electrons. The van der Waals surface area contributed by atoms with Gasteiger partial charge < -0.3 is 15.2 Å². The molecular formula is C15H11F2N5O2. The molecular weight excluding hydrogens is 320 g/mol. The Morgan fingerprint density at radius 3 is 2.50 bits per heavy atom. The van der Waals surface area contributed by atoms with Crippen LogP contribution in [-0.4, -0.2) is 21.0 Å². The maximum atomic E-state index is 13.1. The van der Waals surface area contributed by atoms with Gasteiger partial charge in [0.15, 0.2) is 17.5 Å². The van der Waals surface area contributed by atoms with Crippen LogP contribution in [0.3, 0.4) is 0 Å². The van der Waals surface area contributed by atoms with E-state index in [-0.39, 0.29) is 23.0 Å². The van der Waals surface area contributed by atoms with Crippen molar-refractivity contribution in [3.05, 3.63) is 59.6 Å². The van der Waals surface area contributed by atoms with Crippen LogP contribution < -0.4 is 10.6 Å². The van der Waals surface area contributed by atoms with Crippen molar-refractivity contribution in [1.82, 2.24) is 15.1 Å². The summed E-state index contributed by atoms with van der Waals surface area (Å²) >= 11 is 0. The number of nitrogens with zero attached hydrogens (tertiary/aromatic N) is 3. The fourth-order valence-corrected chi connectivity index (χ4v) is 1.83. The molecule has 0 fully saturated rings. The Bertz CT molecular complexity index is 880. The van der Waals surface area contributed by atoms with Gasteiger partial charge in [0.2, 0.25) is 5.95 Å². The molecule has 0 aliphatic heterocycles. The first-order chi connectivity index (χ1) is 11.5. The van der Waals surface area contributed by atoms with Crippen LogP contribution in [0.4, 0.5) is 26.2 Å². The second-order valence-corrected chi connectivity index (χ2v) is 4.83. The van der Waals surface area contributed by atoms with Gasteiger partial charge in [-0.2, -0.15) is 0 Å². The van der Waals surface area contributed by atoms with E-state index in [1.54, 1.807) is 13.0 Å². The summed E-state index contributed by atoms with van der Waals surface area (Å²) in [6.07, 6.45) is 2.58. The zero-order valence-electron chi connectivity index (χ0n) is 12.4. The predicted molar refractivity (Wildman–Crippen MR) is 80.9 cm³/mol. The average Bonchev–Trinajstić information content (AvgIpc) is 2.96. The quantitative estimate of drug-likeness (QED) is 0.763. The van der Waals surface area contributed by atoms with Gasteiger partial charge in [0.05, 0.1) is 5.56 Å². The monoisotopic (exact) mass is 331 g/mol. The van der Waals surface area contributed by atoms with Gasteiger partial charge in [-0.05, 0) is 19.1 Å². The van der Waals surface area contributed by atoms with E-state index in [4.69, 9.17) is 4.52 Å². The molecule has 1 amide bonds. The van der Waals surface area contributed by atoms with Crippen molar-refractivity contribution in [2.75, 3.05) is 10.6 Å². The lowest BCUT2D eigenvalue weighted by Gasteiger charge is -2.06. The fourth-order valence-electron chi connectivity index (χ4n) is 1.83. The molecule has 2 heterocycles. The normalized spacial score (nSPS) is 10.5. The molecule has 0 spiro atoms. The summed E-state index contributed by atoms with van der Waals surface area (Å²) in [6, 6.07) is 4.87. The lowest BCUT2D eigenvalue weighted by molar-refractivity contribution is 0.102. The lowest BCUT2D eigenvalue weighted by Crippen LogP contribution is -2.13. The topological polar surface area (TPSA) is 92.9 Å². The molecule has 24 heavy (non-hydrogen) atoms. The van der Waals surface area contributed by atoms with Gasteiger partial charge in [-0.3, -0.25) is 4.79 Å². The molecule has 3 rings (SSSR count). The second-order valence-electron chi connectivity index (χ2n) is 4.83. The first-order valence-electron chi connectivity index (χ1n) is 6.80. The number of hydrogen-bond donors (Lipinski definition) is 2. The van der Waals surface area contributed by atoms with E-state index in [0.29, 0.717) is 5.76 Å². The van der Waals surface area contributed by atoms with Crippen molar-refractivity contribution in [2.24, 2.45) is 0 Å². The first kappa shape index (κ1) is 15.5. The molecule has 0 bridgehead atoms. The van der Waals surface area contributed by atoms with Gasteiger partial charge in [0.1, 0.15) is 5.76 Å². The third kappa shape index (κ3) is 3.51. The fraction of sp³-hybridized carbons (Fsp3) is 0.0667. The first-order valence-corrected chi connectivity index (χ1v) is 6.80. The van der Waals surface area contributed by atoms with E-state index in [1.807, 2.05) is 0 Å². The lowest BCUT2D eigenvalue weighted by atomic mass is 10.3. The Hall–Kier alpha value is -3.36. The van der Waals surface area contributed by atoms with Crippen LogP contribution in [0.5, 0.6) is 0 Å². The maximum absolute atomic E-state index is 13.1. The standard InChI is InChI=1S/C15H11F2N5O2/c1-8-4-13(22-24-8)21-14(23)9-6-18-15(19-7-9)20-10-2-3-11(16)12(17)5-10/h2-7H,1H3,(H,18,19,20)(H,21,22,23). The molecule has 0 atom stereocenters. The number of anilines is 3. The zero-order valence-corrected chi connectivity index (χ0v) is 12.4. The molecule has 0 aliphatic carbocycles. The molecule has 3 aromatic rings. The molecule has 2 aromatic heterocycles. The smallest absolute Gasteiger partial charge is 0.260 e. The molecule has 0 aliphatic rings. The summed E-state index contributed by atoms with van der Waals surface area (Å²) in [5, 5.41) is 8.87. The molecule has 2 N–H and O–H groups in total. The van der Waals surface area contributed by atoms with E-state index < -0.39 is 17.5 Å². The number of amides is 1. The zero-order chi connectivity index (χ0) is 17.1. The molecule has 7 nitrogen and oxygen atoms in total. The minimum atomic E-state index is -0.987. The number of carbonyl (C=O) groups is 1. The van der Waals surface area contributed by atoms with Crippen molar-refractivity contribution in [1.29, 1.82) is 0 Å². The van der Waals surface area contributed by atoms with Gasteiger partial charge >= 0.3 is 0 Å². The van der Waals surface area contributed by atoms with Crippen LogP contribution in [0.25, 0.3) is 0 Å². The Morgan fingerprint density at radius 2 is 1.88 bits per heavy atom. The largest absolute Gasteiger partial charge is 0.360 e. The molecule has 0 saturated heterocycles. The van der Waals surface area contributed by atoms with Gasteiger partial charge in [0, 0.05) is 30.2 Å². The van der Waals surface area contributed by atoms with Gasteiger partial charge in [-0.1, -0.05) is 5.16 Å². The number of aryl methyl sites for hydroxylation is 1. The van der Waals surface area contributed by atoms with Gasteiger partial charge in [0.25, 0.3) is 5.91 Å². The number of benzene rings is 1. The summed E-state index contributed by atoms with van der Waals surface area (Å²) in [5.74, 6) is -1.41. The maximum Gasteiger partial charge on any atom is 0.260 e. The summed E-state index contributed by atoms with van der Waals surface area (Å²) in [7, 11) is 0. The average molecular weight is 331 g/mol. The van der Waals surface area contributed by atoms with Crippen molar-refractivity contribution < 1.29 is 18.1 Å². The minimum absolute atomic E-state index is 0.134. The SMILES string of the molecule is Cc1cc(NC(=O)c2cnc(Nc3ccc(F)c(F)c3)nc2)no1. The molecule has 0 saturated carbocycles. The molecule has 0 unspecified atom stereocenters. The highest BCUT2D eigenvalue weighted by atomic mass is 19.2. The molecule has 9 heteroatoms. The van der Waals surface area contributed by atoms with E-state index in [2.05, 4.69) is 25.8 Å². The van der Waals surface area contributed by atoms with Gasteiger partial charge in [-0.25, -0.2) is 18.7 Å². The van der Waals surface area contributed by atoms with Crippen molar-refractivity contribution in [2.45, 2.75) is 6.92 Å². The highest BCUT2D eigenvalue weighted by Crippen LogP contribution is 2.16. The summed E-state index contributed by atoms with van der Waals surface area (Å²) in [6.45, 7) is 1.70. The Balaban J connectivity index is 1.68. The van der Waals surface area contributed by atoms with Crippen molar-refractivity contribution >= 4 is 23.4 Å². The van der Waals surface area contributed by atoms with Crippen molar-refractivity contribution in [3.63, 3.8) is 0 Å². The predicted octanol–water partition coefficient (Wildman–Crippen LogP) is 3.05. The van der Waals surface area contributed by atoms with Crippen LogP contribution in [0.15, 0.2) is 41.2 Å². The minimum Gasteiger partial charge on any atom is -0.360 e. The number of nitrogens with one attached hydrogen (secondary N) is 2.